The average Bonchev–Trinajstić information content (AvgIpc) is 2.85. The molecule has 0 saturated carbocycles. The second kappa shape index (κ2) is 5.17. The first-order valence-corrected chi connectivity index (χ1v) is 7.00. The van der Waals surface area contributed by atoms with Crippen LogP contribution < -0.4 is 10.2 Å². The molecule has 2 aromatic heterocycles. The van der Waals surface area contributed by atoms with Gasteiger partial charge in [-0.3, -0.25) is 0 Å². The van der Waals surface area contributed by atoms with Crippen LogP contribution in [-0.4, -0.2) is 41.3 Å². The van der Waals surface area contributed by atoms with Crippen molar-refractivity contribution in [2.45, 2.75) is 19.8 Å². The van der Waals surface area contributed by atoms with Gasteiger partial charge < -0.3 is 10.2 Å². The second-order valence-electron chi connectivity index (χ2n) is 5.34. The van der Waals surface area contributed by atoms with Crippen molar-refractivity contribution in [3.05, 3.63) is 23.9 Å². The summed E-state index contributed by atoms with van der Waals surface area (Å²) >= 11 is 0. The Balaban J connectivity index is 1.77. The maximum atomic E-state index is 4.63. The van der Waals surface area contributed by atoms with Crippen molar-refractivity contribution in [2.24, 2.45) is 5.92 Å². The minimum Gasteiger partial charge on any atom is -0.339 e. The van der Waals surface area contributed by atoms with Gasteiger partial charge in [-0.25, -0.2) is 4.52 Å². The second-order valence-corrected chi connectivity index (χ2v) is 5.34. The minimum atomic E-state index is 0.792. The number of piperidine rings is 1. The normalized spacial score (nSPS) is 17.3. The highest BCUT2D eigenvalue weighted by Crippen LogP contribution is 2.21. The van der Waals surface area contributed by atoms with Crippen molar-refractivity contribution >= 4 is 11.6 Å². The fourth-order valence-corrected chi connectivity index (χ4v) is 2.78. The van der Waals surface area contributed by atoms with E-state index in [9.17, 15) is 0 Å². The van der Waals surface area contributed by atoms with Gasteiger partial charge in [-0.05, 0) is 51.4 Å². The Hall–Kier alpha value is -1.62. The fourth-order valence-electron chi connectivity index (χ4n) is 2.78. The zero-order chi connectivity index (χ0) is 13.2. The third kappa shape index (κ3) is 2.42. The van der Waals surface area contributed by atoms with Gasteiger partial charge in [-0.1, -0.05) is 6.07 Å². The molecule has 1 aliphatic rings. The number of hydrogen-bond acceptors (Lipinski definition) is 4. The summed E-state index contributed by atoms with van der Waals surface area (Å²) in [6.07, 6.45) is 2.44. The lowest BCUT2D eigenvalue weighted by Gasteiger charge is -2.30. The quantitative estimate of drug-likeness (QED) is 0.907. The van der Waals surface area contributed by atoms with Crippen LogP contribution >= 0.6 is 0 Å². The number of nitrogens with zero attached hydrogens (tertiary/aromatic N) is 4. The predicted molar refractivity (Wildman–Crippen MR) is 76.6 cm³/mol. The SMILES string of the molecule is CNCC1CCN(c2nc3cccc(C)n3n2)CC1. The number of nitrogens with one attached hydrogen (secondary N) is 1. The summed E-state index contributed by atoms with van der Waals surface area (Å²) in [5.41, 5.74) is 2.06. The van der Waals surface area contributed by atoms with Gasteiger partial charge in [-0.2, -0.15) is 4.98 Å². The summed E-state index contributed by atoms with van der Waals surface area (Å²) in [4.78, 5) is 6.93. The Bertz CT molecular complexity index is 554. The van der Waals surface area contributed by atoms with Gasteiger partial charge in [0.15, 0.2) is 5.65 Å². The van der Waals surface area contributed by atoms with E-state index < -0.39 is 0 Å². The van der Waals surface area contributed by atoms with Crippen molar-refractivity contribution in [1.29, 1.82) is 0 Å². The number of aryl methyl sites for hydroxylation is 1. The summed E-state index contributed by atoms with van der Waals surface area (Å²) in [7, 11) is 2.03. The molecule has 0 radical (unpaired) electrons. The number of fused-ring (bicyclic) bond motifs is 1. The van der Waals surface area contributed by atoms with Crippen molar-refractivity contribution in [3.63, 3.8) is 0 Å². The Kier molecular flexibility index (Phi) is 3.38. The highest BCUT2D eigenvalue weighted by Gasteiger charge is 2.21. The molecule has 1 fully saturated rings. The van der Waals surface area contributed by atoms with Crippen LogP contribution in [-0.2, 0) is 0 Å². The van der Waals surface area contributed by atoms with Crippen LogP contribution in [0.1, 0.15) is 18.5 Å². The van der Waals surface area contributed by atoms with E-state index >= 15 is 0 Å². The van der Waals surface area contributed by atoms with E-state index in [1.807, 2.05) is 23.7 Å². The molecule has 3 heterocycles. The van der Waals surface area contributed by atoms with Gasteiger partial charge in [-0.15, -0.1) is 5.10 Å². The van der Waals surface area contributed by atoms with E-state index in [0.29, 0.717) is 0 Å². The van der Waals surface area contributed by atoms with Gasteiger partial charge in [0, 0.05) is 18.8 Å². The number of anilines is 1. The highest BCUT2D eigenvalue weighted by atomic mass is 15.4. The van der Waals surface area contributed by atoms with Crippen LogP contribution in [0.2, 0.25) is 0 Å². The number of rotatable bonds is 3. The first-order valence-electron chi connectivity index (χ1n) is 7.00. The van der Waals surface area contributed by atoms with E-state index in [2.05, 4.69) is 33.3 Å². The van der Waals surface area contributed by atoms with E-state index in [4.69, 9.17) is 0 Å². The van der Waals surface area contributed by atoms with Crippen LogP contribution in [0, 0.1) is 12.8 Å². The molecule has 19 heavy (non-hydrogen) atoms. The largest absolute Gasteiger partial charge is 0.339 e. The van der Waals surface area contributed by atoms with Gasteiger partial charge in [0.25, 0.3) is 0 Å². The maximum Gasteiger partial charge on any atom is 0.245 e. The molecule has 0 amide bonds. The van der Waals surface area contributed by atoms with Gasteiger partial charge >= 0.3 is 0 Å². The molecule has 3 rings (SSSR count). The molecule has 1 N–H and O–H groups in total. The molecule has 0 bridgehead atoms. The zero-order valence-corrected chi connectivity index (χ0v) is 11.6. The summed E-state index contributed by atoms with van der Waals surface area (Å²) < 4.78 is 1.93. The van der Waals surface area contributed by atoms with Crippen LogP contribution in [0.25, 0.3) is 5.65 Å². The lowest BCUT2D eigenvalue weighted by Crippen LogP contribution is -2.37. The minimum absolute atomic E-state index is 0.792. The Morgan fingerprint density at radius 3 is 2.79 bits per heavy atom. The van der Waals surface area contributed by atoms with Crippen molar-refractivity contribution in [1.82, 2.24) is 19.9 Å². The molecule has 0 atom stereocenters. The number of hydrogen-bond donors (Lipinski definition) is 1. The third-order valence-corrected chi connectivity index (χ3v) is 3.93. The Morgan fingerprint density at radius 1 is 1.32 bits per heavy atom. The standard InChI is InChI=1S/C14H21N5/c1-11-4-3-5-13-16-14(17-19(11)13)18-8-6-12(7-9-18)10-15-2/h3-5,12,15H,6-10H2,1-2H3. The van der Waals surface area contributed by atoms with Crippen LogP contribution in [0.15, 0.2) is 18.2 Å². The molecular formula is C14H21N5. The van der Waals surface area contributed by atoms with Gasteiger partial charge in [0.1, 0.15) is 0 Å². The lowest BCUT2D eigenvalue weighted by molar-refractivity contribution is 0.391. The highest BCUT2D eigenvalue weighted by molar-refractivity contribution is 5.45. The molecule has 2 aromatic rings. The molecule has 1 saturated heterocycles. The summed E-state index contributed by atoms with van der Waals surface area (Å²) in [5, 5.41) is 7.89. The molecule has 0 aromatic carbocycles. The first-order chi connectivity index (χ1) is 9.28. The molecule has 102 valence electrons. The smallest absolute Gasteiger partial charge is 0.245 e. The Morgan fingerprint density at radius 2 is 2.11 bits per heavy atom. The van der Waals surface area contributed by atoms with Gasteiger partial charge in [0.05, 0.1) is 0 Å². The van der Waals surface area contributed by atoms with E-state index in [0.717, 1.165) is 42.8 Å². The van der Waals surface area contributed by atoms with Crippen LogP contribution in [0.4, 0.5) is 5.95 Å². The summed E-state index contributed by atoms with van der Waals surface area (Å²) in [6, 6.07) is 6.10. The monoisotopic (exact) mass is 259 g/mol. The van der Waals surface area contributed by atoms with E-state index in [-0.39, 0.29) is 0 Å². The first kappa shape index (κ1) is 12.4. The molecule has 1 aliphatic heterocycles. The Labute approximate surface area is 113 Å². The molecule has 5 nitrogen and oxygen atoms in total. The molecule has 0 unspecified atom stereocenters. The number of pyridine rings is 1. The molecule has 0 aliphatic carbocycles. The van der Waals surface area contributed by atoms with Crippen LogP contribution in [0.3, 0.4) is 0 Å². The van der Waals surface area contributed by atoms with E-state index in [1.54, 1.807) is 0 Å². The topological polar surface area (TPSA) is 45.5 Å². The van der Waals surface area contributed by atoms with Gasteiger partial charge in [0.2, 0.25) is 5.95 Å². The molecular weight excluding hydrogens is 238 g/mol. The third-order valence-electron chi connectivity index (χ3n) is 3.93. The van der Waals surface area contributed by atoms with Crippen molar-refractivity contribution in [2.75, 3.05) is 31.6 Å². The van der Waals surface area contributed by atoms with E-state index in [1.165, 1.54) is 12.8 Å². The average molecular weight is 259 g/mol. The molecule has 5 heteroatoms. The summed E-state index contributed by atoms with van der Waals surface area (Å²) in [5.74, 6) is 1.66. The van der Waals surface area contributed by atoms with Crippen LogP contribution in [0.5, 0.6) is 0 Å². The fraction of sp³-hybridized carbons (Fsp3) is 0.571. The lowest BCUT2D eigenvalue weighted by atomic mass is 9.97. The maximum absolute atomic E-state index is 4.63. The molecule has 0 spiro atoms. The summed E-state index contributed by atoms with van der Waals surface area (Å²) in [6.45, 7) is 5.29. The zero-order valence-electron chi connectivity index (χ0n) is 11.6. The number of aromatic nitrogens is 3. The van der Waals surface area contributed by atoms with Crippen molar-refractivity contribution < 1.29 is 0 Å². The van der Waals surface area contributed by atoms with Crippen molar-refractivity contribution in [3.8, 4) is 0 Å². The predicted octanol–water partition coefficient (Wildman–Crippen LogP) is 1.47.